The van der Waals surface area contributed by atoms with E-state index < -0.39 is 6.04 Å². The highest BCUT2D eigenvalue weighted by molar-refractivity contribution is 9.10. The van der Waals surface area contributed by atoms with Gasteiger partial charge >= 0.3 is 0 Å². The molecule has 1 N–H and O–H groups in total. The number of anilines is 1. The van der Waals surface area contributed by atoms with Crippen LogP contribution in [-0.4, -0.2) is 64.3 Å². The Morgan fingerprint density at radius 1 is 1.10 bits per heavy atom. The van der Waals surface area contributed by atoms with Crippen LogP contribution < -0.4 is 5.32 Å². The summed E-state index contributed by atoms with van der Waals surface area (Å²) in [7, 11) is 0. The van der Waals surface area contributed by atoms with E-state index in [1.807, 2.05) is 26.0 Å². The van der Waals surface area contributed by atoms with E-state index >= 15 is 0 Å². The molecular formula is C29H29BrN8O3. The van der Waals surface area contributed by atoms with E-state index in [0.29, 0.717) is 50.5 Å². The number of aromatic nitrogens is 6. The Morgan fingerprint density at radius 2 is 1.83 bits per heavy atom. The molecular weight excluding hydrogens is 588 g/mol. The van der Waals surface area contributed by atoms with Crippen molar-refractivity contribution < 1.29 is 14.4 Å². The zero-order valence-electron chi connectivity index (χ0n) is 23.4. The molecule has 0 spiro atoms. The Balaban J connectivity index is 1.32. The minimum absolute atomic E-state index is 0.0243. The number of hydrogen-bond acceptors (Lipinski definition) is 8. The van der Waals surface area contributed by atoms with Crippen molar-refractivity contribution in [1.82, 2.24) is 34.6 Å². The average molecular weight is 618 g/mol. The quantitative estimate of drug-likeness (QED) is 0.251. The third kappa shape index (κ3) is 4.79. The lowest BCUT2D eigenvalue weighted by atomic mass is 10.0. The van der Waals surface area contributed by atoms with Gasteiger partial charge in [0.25, 0.3) is 0 Å². The van der Waals surface area contributed by atoms with Crippen molar-refractivity contribution in [2.45, 2.75) is 66.1 Å². The number of carbonyl (C=O) groups is 3. The number of Topliss-reactive ketones (excluding diaryl/α,β-unsaturated/α-hetero) is 1. The Kier molecular flexibility index (Phi) is 6.48. The van der Waals surface area contributed by atoms with Crippen molar-refractivity contribution in [3.63, 3.8) is 0 Å². The van der Waals surface area contributed by atoms with Gasteiger partial charge in [-0.05, 0) is 72.7 Å². The number of fused-ring (bicyclic) bond motifs is 2. The molecule has 2 amide bonds. The van der Waals surface area contributed by atoms with Gasteiger partial charge in [0, 0.05) is 36.3 Å². The summed E-state index contributed by atoms with van der Waals surface area (Å²) in [6, 6.07) is 4.81. The molecule has 4 aromatic rings. The van der Waals surface area contributed by atoms with Gasteiger partial charge in [0.2, 0.25) is 11.8 Å². The number of ketones is 1. The fraction of sp³-hybridized carbons (Fsp3) is 0.379. The number of rotatable bonds is 6. The highest BCUT2D eigenvalue weighted by Gasteiger charge is 2.64. The van der Waals surface area contributed by atoms with Crippen LogP contribution >= 0.6 is 15.9 Å². The Bertz CT molecular complexity index is 1750. The number of amides is 2. The first-order chi connectivity index (χ1) is 19.4. The summed E-state index contributed by atoms with van der Waals surface area (Å²) < 4.78 is 2.15. The summed E-state index contributed by atoms with van der Waals surface area (Å²) in [5.41, 5.74) is 3.54. The molecule has 1 saturated carbocycles. The molecule has 0 unspecified atom stereocenters. The van der Waals surface area contributed by atoms with Crippen molar-refractivity contribution in [2.24, 2.45) is 5.41 Å². The first kappa shape index (κ1) is 27.1. The summed E-state index contributed by atoms with van der Waals surface area (Å²) in [5.74, 6) is 0.389. The van der Waals surface area contributed by atoms with Gasteiger partial charge in [0.15, 0.2) is 5.78 Å². The van der Waals surface area contributed by atoms with Crippen LogP contribution in [0, 0.1) is 26.2 Å². The standard InChI is InChI=1S/C29H29BrN8O3/c1-14-6-7-23(30)34-27(14)35-28(41)21-9-29(5)10-22(29)38(21)24(40)13-37-26-15(2)33-20(18-11-31-17(4)32-12-18)8-19(26)25(36-37)16(3)39/h6-8,11-12,21-22H,9-10,13H2,1-5H3,(H,34,35,41)/t21-,22+,29-/m0/s1. The lowest BCUT2D eigenvalue weighted by molar-refractivity contribution is -0.138. The van der Waals surface area contributed by atoms with Crippen LogP contribution in [0.2, 0.25) is 0 Å². The van der Waals surface area contributed by atoms with E-state index in [0.717, 1.165) is 12.0 Å². The third-order valence-corrected chi connectivity index (χ3v) is 8.57. The predicted octanol–water partition coefficient (Wildman–Crippen LogP) is 4.19. The molecule has 6 rings (SSSR count). The summed E-state index contributed by atoms with van der Waals surface area (Å²) in [5, 5.41) is 8.09. The van der Waals surface area contributed by atoms with Crippen LogP contribution in [0.15, 0.2) is 35.2 Å². The van der Waals surface area contributed by atoms with E-state index in [9.17, 15) is 14.4 Å². The Hall–Kier alpha value is -4.06. The summed E-state index contributed by atoms with van der Waals surface area (Å²) in [4.78, 5) is 59.3. The minimum atomic E-state index is -0.632. The molecule has 2 fully saturated rings. The van der Waals surface area contributed by atoms with Crippen LogP contribution in [0.5, 0.6) is 0 Å². The highest BCUT2D eigenvalue weighted by Crippen LogP contribution is 2.59. The van der Waals surface area contributed by atoms with Gasteiger partial charge in [0.1, 0.15) is 34.5 Å². The molecule has 1 aliphatic carbocycles. The molecule has 0 bridgehead atoms. The van der Waals surface area contributed by atoms with Gasteiger partial charge in [-0.1, -0.05) is 13.0 Å². The van der Waals surface area contributed by atoms with Gasteiger partial charge in [-0.15, -0.1) is 0 Å². The van der Waals surface area contributed by atoms with Gasteiger partial charge in [-0.2, -0.15) is 5.10 Å². The molecule has 0 aromatic carbocycles. The van der Waals surface area contributed by atoms with E-state index in [1.54, 1.807) is 35.0 Å². The van der Waals surface area contributed by atoms with Crippen molar-refractivity contribution in [3.05, 3.63) is 58.0 Å². The first-order valence-electron chi connectivity index (χ1n) is 13.4. The van der Waals surface area contributed by atoms with Crippen LogP contribution in [-0.2, 0) is 16.1 Å². The van der Waals surface area contributed by atoms with Gasteiger partial charge in [-0.25, -0.2) is 15.0 Å². The number of nitrogens with zero attached hydrogens (tertiary/aromatic N) is 7. The summed E-state index contributed by atoms with van der Waals surface area (Å²) in [6.45, 7) is 8.93. The van der Waals surface area contributed by atoms with Gasteiger partial charge < -0.3 is 10.2 Å². The molecule has 3 atom stereocenters. The van der Waals surface area contributed by atoms with Crippen molar-refractivity contribution in [2.75, 3.05) is 5.32 Å². The van der Waals surface area contributed by atoms with E-state index in [4.69, 9.17) is 4.98 Å². The van der Waals surface area contributed by atoms with E-state index in [-0.39, 0.29) is 41.3 Å². The zero-order valence-corrected chi connectivity index (χ0v) is 25.0. The van der Waals surface area contributed by atoms with Crippen molar-refractivity contribution >= 4 is 50.2 Å². The minimum Gasteiger partial charge on any atom is -0.325 e. The second-order valence-electron chi connectivity index (χ2n) is 11.3. The first-order valence-corrected chi connectivity index (χ1v) is 14.2. The van der Waals surface area contributed by atoms with Gasteiger partial charge in [-0.3, -0.25) is 24.0 Å². The molecule has 12 heteroatoms. The van der Waals surface area contributed by atoms with Crippen LogP contribution in [0.1, 0.15) is 54.3 Å². The Labute approximate surface area is 244 Å². The van der Waals surface area contributed by atoms with Crippen molar-refractivity contribution in [1.29, 1.82) is 0 Å². The highest BCUT2D eigenvalue weighted by atomic mass is 79.9. The average Bonchev–Trinajstić information content (AvgIpc) is 3.27. The monoisotopic (exact) mass is 616 g/mol. The molecule has 1 saturated heterocycles. The topological polar surface area (TPSA) is 136 Å². The lowest BCUT2D eigenvalue weighted by Crippen LogP contribution is -2.47. The molecule has 5 heterocycles. The number of nitrogens with one attached hydrogen (secondary N) is 1. The lowest BCUT2D eigenvalue weighted by Gasteiger charge is -2.27. The molecule has 41 heavy (non-hydrogen) atoms. The van der Waals surface area contributed by atoms with E-state index in [1.165, 1.54) is 6.92 Å². The van der Waals surface area contributed by atoms with E-state index in [2.05, 4.69) is 48.2 Å². The second kappa shape index (κ2) is 9.79. The third-order valence-electron chi connectivity index (χ3n) is 8.13. The molecule has 4 aromatic heterocycles. The maximum Gasteiger partial charge on any atom is 0.248 e. The predicted molar refractivity (Wildman–Crippen MR) is 155 cm³/mol. The normalized spacial score (nSPS) is 21.2. The van der Waals surface area contributed by atoms with Crippen LogP contribution in [0.4, 0.5) is 5.82 Å². The van der Waals surface area contributed by atoms with Crippen molar-refractivity contribution in [3.8, 4) is 11.3 Å². The second-order valence-corrected chi connectivity index (χ2v) is 12.1. The maximum atomic E-state index is 13.9. The number of halogens is 1. The number of carbonyl (C=O) groups excluding carboxylic acids is 3. The molecule has 2 aliphatic rings. The Morgan fingerprint density at radius 3 is 2.54 bits per heavy atom. The SMILES string of the molecule is CC(=O)c1nn(CC(=O)N2[C@H](C(=O)Nc3nc(Br)ccc3C)C[C@@]3(C)C[C@@H]23)c2c(C)nc(-c3cnc(C)nc3)cc12. The number of piperidine rings is 1. The largest absolute Gasteiger partial charge is 0.325 e. The molecule has 210 valence electrons. The number of aryl methyl sites for hydroxylation is 3. The van der Waals surface area contributed by atoms with Gasteiger partial charge in [0.05, 0.1) is 16.9 Å². The smallest absolute Gasteiger partial charge is 0.248 e. The molecule has 0 radical (unpaired) electrons. The number of hydrogen-bond donors (Lipinski definition) is 1. The fourth-order valence-electron chi connectivity index (χ4n) is 5.85. The summed E-state index contributed by atoms with van der Waals surface area (Å²) >= 11 is 3.35. The number of likely N-dealkylation sites (tertiary alicyclic amines) is 1. The number of pyridine rings is 2. The molecule has 11 nitrogen and oxygen atoms in total. The summed E-state index contributed by atoms with van der Waals surface area (Å²) in [6.07, 6.45) is 4.79. The zero-order chi connectivity index (χ0) is 29.2. The molecule has 1 aliphatic heterocycles. The van der Waals surface area contributed by atoms with Crippen LogP contribution in [0.3, 0.4) is 0 Å². The van der Waals surface area contributed by atoms with Crippen LogP contribution in [0.25, 0.3) is 22.2 Å². The maximum absolute atomic E-state index is 13.9. The fourth-order valence-corrected chi connectivity index (χ4v) is 6.15.